The second-order valence-electron chi connectivity index (χ2n) is 8.79. The van der Waals surface area contributed by atoms with Crippen LogP contribution in [0.1, 0.15) is 35.6 Å². The van der Waals surface area contributed by atoms with Gasteiger partial charge in [-0.2, -0.15) is 9.57 Å². The number of nitrogens with zero attached hydrogens (tertiary/aromatic N) is 2. The van der Waals surface area contributed by atoms with Crippen LogP contribution in [-0.2, 0) is 27.9 Å². The van der Waals surface area contributed by atoms with Crippen molar-refractivity contribution in [3.63, 3.8) is 0 Å². The number of furan rings is 1. The number of sulfonamides is 1. The maximum Gasteiger partial charge on any atom is 0.262 e. The third kappa shape index (κ3) is 7.24. The number of hydrogen-bond acceptors (Lipinski definition) is 5. The largest absolute Gasteiger partial charge is 0.460 e. The number of carbonyl (C=O) groups is 1. The van der Waals surface area contributed by atoms with E-state index in [4.69, 9.17) is 16.0 Å². The van der Waals surface area contributed by atoms with Crippen LogP contribution >= 0.6 is 11.6 Å². The highest BCUT2D eigenvalue weighted by atomic mass is 35.5. The van der Waals surface area contributed by atoms with E-state index >= 15 is 0 Å². The van der Waals surface area contributed by atoms with Gasteiger partial charge in [-0.3, -0.25) is 4.79 Å². The highest BCUT2D eigenvalue weighted by Gasteiger charge is 2.26. The van der Waals surface area contributed by atoms with Gasteiger partial charge in [-0.25, -0.2) is 8.42 Å². The minimum atomic E-state index is -3.90. The molecule has 1 N–H and O–H groups in total. The Kier molecular flexibility index (Phi) is 8.99. The van der Waals surface area contributed by atoms with Crippen molar-refractivity contribution in [2.75, 3.05) is 0 Å². The van der Waals surface area contributed by atoms with Gasteiger partial charge < -0.3 is 9.73 Å². The van der Waals surface area contributed by atoms with Crippen molar-refractivity contribution in [3.05, 3.63) is 130 Å². The fourth-order valence-electron chi connectivity index (χ4n) is 3.89. The molecular formula is C30H26ClN3O4S. The topological polar surface area (TPSA) is 103 Å². The van der Waals surface area contributed by atoms with E-state index in [1.807, 2.05) is 73.7 Å². The van der Waals surface area contributed by atoms with Crippen molar-refractivity contribution in [1.82, 2.24) is 9.62 Å². The van der Waals surface area contributed by atoms with Crippen molar-refractivity contribution >= 4 is 33.6 Å². The maximum absolute atomic E-state index is 13.5. The van der Waals surface area contributed by atoms with E-state index in [1.165, 1.54) is 34.6 Å². The summed E-state index contributed by atoms with van der Waals surface area (Å²) < 4.78 is 34.2. The fourth-order valence-corrected chi connectivity index (χ4v) is 5.41. The number of nitriles is 1. The van der Waals surface area contributed by atoms with Gasteiger partial charge in [-0.1, -0.05) is 72.3 Å². The summed E-state index contributed by atoms with van der Waals surface area (Å²) in [7, 11) is -3.90. The zero-order chi connectivity index (χ0) is 27.8. The van der Waals surface area contributed by atoms with Gasteiger partial charge in [0.05, 0.1) is 17.5 Å². The molecule has 4 aromatic rings. The average molecular weight is 560 g/mol. The van der Waals surface area contributed by atoms with E-state index in [2.05, 4.69) is 5.32 Å². The van der Waals surface area contributed by atoms with E-state index in [9.17, 15) is 18.5 Å². The van der Waals surface area contributed by atoms with E-state index in [1.54, 1.807) is 12.1 Å². The Labute approximate surface area is 233 Å². The first-order valence-electron chi connectivity index (χ1n) is 12.1. The molecular weight excluding hydrogens is 534 g/mol. The summed E-state index contributed by atoms with van der Waals surface area (Å²) in [4.78, 5) is 12.8. The van der Waals surface area contributed by atoms with E-state index < -0.39 is 15.9 Å². The first-order chi connectivity index (χ1) is 18.8. The molecule has 1 heterocycles. The van der Waals surface area contributed by atoms with Gasteiger partial charge >= 0.3 is 0 Å². The third-order valence-electron chi connectivity index (χ3n) is 5.97. The van der Waals surface area contributed by atoms with Gasteiger partial charge in [0.15, 0.2) is 0 Å². The molecule has 9 heteroatoms. The lowest BCUT2D eigenvalue weighted by Crippen LogP contribution is -2.30. The molecule has 7 nitrogen and oxygen atoms in total. The lowest BCUT2D eigenvalue weighted by molar-refractivity contribution is -0.117. The molecule has 198 valence electrons. The molecule has 1 atom stereocenters. The van der Waals surface area contributed by atoms with Crippen LogP contribution in [0, 0.1) is 11.3 Å². The summed E-state index contributed by atoms with van der Waals surface area (Å²) in [5.74, 6) is 0.0699. The lowest BCUT2D eigenvalue weighted by Gasteiger charge is -2.21. The Hall–Kier alpha value is -4.16. The molecule has 0 aliphatic rings. The third-order valence-corrected chi connectivity index (χ3v) is 8.02. The Balaban J connectivity index is 1.55. The fraction of sp³-hybridized carbons (Fsp3) is 0.133. The van der Waals surface area contributed by atoms with Crippen molar-refractivity contribution in [2.24, 2.45) is 0 Å². The Morgan fingerprint density at radius 1 is 0.974 bits per heavy atom. The smallest absolute Gasteiger partial charge is 0.262 e. The summed E-state index contributed by atoms with van der Waals surface area (Å²) in [6.45, 7) is 1.88. The molecule has 3 aromatic carbocycles. The Morgan fingerprint density at radius 3 is 2.26 bits per heavy atom. The van der Waals surface area contributed by atoms with Crippen molar-refractivity contribution in [1.29, 1.82) is 5.26 Å². The van der Waals surface area contributed by atoms with Crippen LogP contribution in [0.25, 0.3) is 6.08 Å². The standard InChI is InChI=1S/C30H26ClN3O4S/c1-22(24-10-6-3-7-11-24)33-30(35)25(19-32)18-27-14-15-28(38-27)21-34(20-23-8-4-2-5-9-23)39(36,37)29-16-12-26(31)13-17-29/h2-18,22H,20-21H2,1H3,(H,33,35)/b25-18-/t22-/m1/s1. The molecule has 0 saturated carbocycles. The minimum Gasteiger partial charge on any atom is -0.460 e. The van der Waals surface area contributed by atoms with Crippen LogP contribution in [0.4, 0.5) is 0 Å². The molecule has 0 aliphatic carbocycles. The predicted octanol–water partition coefficient (Wildman–Crippen LogP) is 6.11. The van der Waals surface area contributed by atoms with Crippen LogP contribution in [-0.4, -0.2) is 18.6 Å². The number of amides is 1. The SMILES string of the molecule is C[C@@H](NC(=O)/C(C#N)=C\c1ccc(CN(Cc2ccccc2)S(=O)(=O)c2ccc(Cl)cc2)o1)c1ccccc1. The molecule has 4 rings (SSSR count). The first kappa shape index (κ1) is 27.9. The lowest BCUT2D eigenvalue weighted by atomic mass is 10.1. The molecule has 39 heavy (non-hydrogen) atoms. The summed E-state index contributed by atoms with van der Waals surface area (Å²) >= 11 is 5.96. The van der Waals surface area contributed by atoms with E-state index in [-0.39, 0.29) is 35.4 Å². The van der Waals surface area contributed by atoms with Gasteiger partial charge in [0.2, 0.25) is 10.0 Å². The highest BCUT2D eigenvalue weighted by molar-refractivity contribution is 7.89. The second-order valence-corrected chi connectivity index (χ2v) is 11.2. The van der Waals surface area contributed by atoms with Gasteiger partial charge in [-0.15, -0.1) is 0 Å². The molecule has 0 bridgehead atoms. The van der Waals surface area contributed by atoms with Gasteiger partial charge in [-0.05, 0) is 54.4 Å². The Morgan fingerprint density at radius 2 is 1.62 bits per heavy atom. The second kappa shape index (κ2) is 12.6. The van der Waals surface area contributed by atoms with Gasteiger partial charge in [0, 0.05) is 17.6 Å². The zero-order valence-electron chi connectivity index (χ0n) is 21.1. The monoisotopic (exact) mass is 559 g/mol. The minimum absolute atomic E-state index is 0.0627. The van der Waals surface area contributed by atoms with Crippen LogP contribution in [0.5, 0.6) is 0 Å². The molecule has 0 unspecified atom stereocenters. The molecule has 0 radical (unpaired) electrons. The van der Waals surface area contributed by atoms with Crippen LogP contribution in [0.2, 0.25) is 5.02 Å². The van der Waals surface area contributed by atoms with Crippen LogP contribution < -0.4 is 5.32 Å². The first-order valence-corrected chi connectivity index (χ1v) is 13.9. The van der Waals surface area contributed by atoms with Crippen molar-refractivity contribution in [3.8, 4) is 6.07 Å². The molecule has 0 fully saturated rings. The summed E-state index contributed by atoms with van der Waals surface area (Å²) in [6.07, 6.45) is 1.34. The maximum atomic E-state index is 13.5. The van der Waals surface area contributed by atoms with E-state index in [0.717, 1.165) is 11.1 Å². The molecule has 0 saturated heterocycles. The number of benzene rings is 3. The number of hydrogen-bond donors (Lipinski definition) is 1. The van der Waals surface area contributed by atoms with Gasteiger partial charge in [0.1, 0.15) is 23.2 Å². The van der Waals surface area contributed by atoms with E-state index in [0.29, 0.717) is 10.8 Å². The highest BCUT2D eigenvalue weighted by Crippen LogP contribution is 2.24. The summed E-state index contributed by atoms with van der Waals surface area (Å²) in [6, 6.07) is 29.4. The quantitative estimate of drug-likeness (QED) is 0.186. The van der Waals surface area contributed by atoms with Crippen LogP contribution in [0.3, 0.4) is 0 Å². The normalized spacial score (nSPS) is 12.6. The van der Waals surface area contributed by atoms with Gasteiger partial charge in [0.25, 0.3) is 5.91 Å². The summed E-state index contributed by atoms with van der Waals surface area (Å²) in [5, 5.41) is 12.8. The zero-order valence-corrected chi connectivity index (χ0v) is 22.7. The van der Waals surface area contributed by atoms with Crippen LogP contribution in [0.15, 0.2) is 112 Å². The molecule has 0 aliphatic heterocycles. The van der Waals surface area contributed by atoms with Crippen molar-refractivity contribution in [2.45, 2.75) is 31.0 Å². The Bertz CT molecular complexity index is 1590. The number of halogens is 1. The number of rotatable bonds is 10. The number of nitrogens with one attached hydrogen (secondary N) is 1. The molecule has 0 spiro atoms. The predicted molar refractivity (Wildman–Crippen MR) is 150 cm³/mol. The van der Waals surface area contributed by atoms with Crippen molar-refractivity contribution < 1.29 is 17.6 Å². The molecule has 1 aromatic heterocycles. The number of carbonyl (C=O) groups excluding carboxylic acids is 1. The summed E-state index contributed by atoms with van der Waals surface area (Å²) in [5.41, 5.74) is 1.58. The molecule has 1 amide bonds. The average Bonchev–Trinajstić information content (AvgIpc) is 3.39.